The predicted molar refractivity (Wildman–Crippen MR) is 85.9 cm³/mol. The third-order valence-corrected chi connectivity index (χ3v) is 4.99. The molecule has 4 N–H and O–H groups in total. The summed E-state index contributed by atoms with van der Waals surface area (Å²) in [5, 5.41) is 6.55. The molecule has 1 saturated carbocycles. The van der Waals surface area contributed by atoms with E-state index >= 15 is 0 Å². The lowest BCUT2D eigenvalue weighted by atomic mass is 9.85. The first-order valence-corrected chi connectivity index (χ1v) is 8.08. The molecule has 5 nitrogen and oxygen atoms in total. The number of rotatable bonds is 3. The van der Waals surface area contributed by atoms with Crippen LogP contribution in [0.5, 0.6) is 0 Å². The second kappa shape index (κ2) is 6.26. The maximum Gasteiger partial charge on any atom is 0.250 e. The number of nitrogens with two attached hydrogens (primary N) is 1. The van der Waals surface area contributed by atoms with Crippen LogP contribution in [0.2, 0.25) is 5.02 Å². The maximum absolute atomic E-state index is 12.4. The number of halogens is 1. The van der Waals surface area contributed by atoms with E-state index < -0.39 is 5.91 Å². The second-order valence-electron chi connectivity index (χ2n) is 6.15. The number of primary amides is 1. The molecule has 2 amide bonds. The topological polar surface area (TPSA) is 84.2 Å². The van der Waals surface area contributed by atoms with Gasteiger partial charge < -0.3 is 16.4 Å². The number of carbonyl (C=O) groups excluding carboxylic acids is 2. The van der Waals surface area contributed by atoms with Gasteiger partial charge in [-0.2, -0.15) is 0 Å². The zero-order valence-electron chi connectivity index (χ0n) is 12.3. The van der Waals surface area contributed by atoms with E-state index in [1.165, 1.54) is 25.3 Å². The van der Waals surface area contributed by atoms with Crippen LogP contribution in [0.1, 0.15) is 42.5 Å². The molecule has 1 aromatic carbocycles. The fourth-order valence-corrected chi connectivity index (χ4v) is 3.82. The van der Waals surface area contributed by atoms with Crippen LogP contribution < -0.4 is 16.4 Å². The van der Waals surface area contributed by atoms with Gasteiger partial charge in [-0.1, -0.05) is 24.4 Å². The molecule has 0 radical (unpaired) electrons. The largest absolute Gasteiger partial charge is 0.366 e. The van der Waals surface area contributed by atoms with Crippen LogP contribution in [0.4, 0.5) is 5.69 Å². The molecule has 3 rings (SSSR count). The molecule has 0 aromatic heterocycles. The van der Waals surface area contributed by atoms with Gasteiger partial charge in [0, 0.05) is 11.7 Å². The lowest BCUT2D eigenvalue weighted by molar-refractivity contribution is -0.117. The van der Waals surface area contributed by atoms with Gasteiger partial charge in [0.1, 0.15) is 0 Å². The minimum atomic E-state index is -0.579. The van der Waals surface area contributed by atoms with E-state index in [2.05, 4.69) is 10.6 Å². The maximum atomic E-state index is 12.4. The van der Waals surface area contributed by atoms with Crippen molar-refractivity contribution in [3.63, 3.8) is 0 Å². The average molecular weight is 322 g/mol. The summed E-state index contributed by atoms with van der Waals surface area (Å²) in [5.74, 6) is -0.00738. The molecule has 22 heavy (non-hydrogen) atoms. The van der Waals surface area contributed by atoms with Crippen LogP contribution in [0, 0.1) is 5.92 Å². The molecule has 1 saturated heterocycles. The summed E-state index contributed by atoms with van der Waals surface area (Å²) in [5.41, 5.74) is 6.05. The Kier molecular flexibility index (Phi) is 4.36. The van der Waals surface area contributed by atoms with E-state index in [9.17, 15) is 9.59 Å². The van der Waals surface area contributed by atoms with E-state index in [1.807, 2.05) is 0 Å². The molecule has 0 bridgehead atoms. The van der Waals surface area contributed by atoms with Gasteiger partial charge in [0.25, 0.3) is 0 Å². The van der Waals surface area contributed by atoms with Gasteiger partial charge >= 0.3 is 0 Å². The fourth-order valence-electron chi connectivity index (χ4n) is 3.54. The minimum Gasteiger partial charge on any atom is -0.366 e. The lowest BCUT2D eigenvalue weighted by Gasteiger charge is -2.24. The number of amides is 2. The van der Waals surface area contributed by atoms with Crippen molar-refractivity contribution in [2.45, 2.75) is 44.2 Å². The Balaban J connectivity index is 1.65. The van der Waals surface area contributed by atoms with Gasteiger partial charge in [0.05, 0.1) is 16.6 Å². The van der Waals surface area contributed by atoms with Gasteiger partial charge in [-0.15, -0.1) is 0 Å². The van der Waals surface area contributed by atoms with Crippen LogP contribution in [0.3, 0.4) is 0 Å². The molecule has 1 aliphatic carbocycles. The molecular weight excluding hydrogens is 302 g/mol. The number of benzene rings is 1. The molecule has 2 aliphatic rings. The molecule has 2 fully saturated rings. The van der Waals surface area contributed by atoms with Crippen molar-refractivity contribution in [1.29, 1.82) is 0 Å². The Labute approximate surface area is 134 Å². The van der Waals surface area contributed by atoms with Gasteiger partial charge in [0.15, 0.2) is 0 Å². The monoisotopic (exact) mass is 321 g/mol. The van der Waals surface area contributed by atoms with Crippen LogP contribution in [0.25, 0.3) is 0 Å². The van der Waals surface area contributed by atoms with E-state index in [-0.39, 0.29) is 22.5 Å². The van der Waals surface area contributed by atoms with E-state index in [1.54, 1.807) is 12.1 Å². The molecule has 3 atom stereocenters. The molecule has 1 aliphatic heterocycles. The van der Waals surface area contributed by atoms with Crippen molar-refractivity contribution in [2.75, 3.05) is 5.32 Å². The molecule has 1 aromatic rings. The zero-order valence-corrected chi connectivity index (χ0v) is 13.0. The minimum absolute atomic E-state index is 0.0442. The predicted octanol–water partition coefficient (Wildman–Crippen LogP) is 2.30. The Morgan fingerprint density at radius 2 is 2.05 bits per heavy atom. The van der Waals surface area contributed by atoms with Crippen molar-refractivity contribution in [3.8, 4) is 0 Å². The first-order valence-electron chi connectivity index (χ1n) is 7.71. The first kappa shape index (κ1) is 15.3. The molecule has 0 spiro atoms. The molecule has 3 unspecified atom stereocenters. The number of anilines is 1. The summed E-state index contributed by atoms with van der Waals surface area (Å²) in [6, 6.07) is 5.06. The molecule has 1 heterocycles. The summed E-state index contributed by atoms with van der Waals surface area (Å²) >= 11 is 6.00. The van der Waals surface area contributed by atoms with Gasteiger partial charge in [-0.25, -0.2) is 0 Å². The van der Waals surface area contributed by atoms with Crippen molar-refractivity contribution in [3.05, 3.63) is 28.8 Å². The first-order chi connectivity index (χ1) is 10.5. The second-order valence-corrected chi connectivity index (χ2v) is 6.56. The quantitative estimate of drug-likeness (QED) is 0.798. The van der Waals surface area contributed by atoms with Crippen molar-refractivity contribution in [1.82, 2.24) is 5.32 Å². The average Bonchev–Trinajstić information content (AvgIpc) is 2.91. The zero-order chi connectivity index (χ0) is 15.7. The summed E-state index contributed by atoms with van der Waals surface area (Å²) in [6.07, 6.45) is 5.77. The van der Waals surface area contributed by atoms with Crippen molar-refractivity contribution >= 4 is 29.1 Å². The summed E-state index contributed by atoms with van der Waals surface area (Å²) in [4.78, 5) is 23.5. The Morgan fingerprint density at radius 3 is 2.73 bits per heavy atom. The highest BCUT2D eigenvalue weighted by Gasteiger charge is 2.38. The number of hydrogen-bond acceptors (Lipinski definition) is 3. The van der Waals surface area contributed by atoms with Crippen molar-refractivity contribution < 1.29 is 9.59 Å². The third-order valence-electron chi connectivity index (χ3n) is 4.68. The van der Waals surface area contributed by atoms with E-state index in [4.69, 9.17) is 17.3 Å². The SMILES string of the molecule is NC(=O)c1ccc(NC(=O)C2CC3CCCCC3N2)cc1Cl. The summed E-state index contributed by atoms with van der Waals surface area (Å²) in [6.45, 7) is 0. The van der Waals surface area contributed by atoms with Crippen LogP contribution in [-0.2, 0) is 4.79 Å². The third kappa shape index (κ3) is 3.10. The smallest absolute Gasteiger partial charge is 0.250 e. The highest BCUT2D eigenvalue weighted by molar-refractivity contribution is 6.34. The summed E-state index contributed by atoms with van der Waals surface area (Å²) < 4.78 is 0. The highest BCUT2D eigenvalue weighted by atomic mass is 35.5. The normalized spacial score (nSPS) is 27.2. The van der Waals surface area contributed by atoms with E-state index in [0.717, 1.165) is 12.8 Å². The molecule has 118 valence electrons. The highest BCUT2D eigenvalue weighted by Crippen LogP contribution is 2.33. The van der Waals surface area contributed by atoms with Crippen LogP contribution in [0.15, 0.2) is 18.2 Å². The number of fused-ring (bicyclic) bond motifs is 1. The standard InChI is InChI=1S/C16H20ClN3O2/c17-12-8-10(5-6-11(12)15(18)21)19-16(22)14-7-9-3-1-2-4-13(9)20-14/h5-6,8-9,13-14,20H,1-4,7H2,(H2,18,21)(H,19,22). The van der Waals surface area contributed by atoms with Crippen LogP contribution >= 0.6 is 11.6 Å². The number of hydrogen-bond donors (Lipinski definition) is 3. The van der Waals surface area contributed by atoms with Gasteiger partial charge in [-0.3, -0.25) is 9.59 Å². The van der Waals surface area contributed by atoms with Crippen LogP contribution in [-0.4, -0.2) is 23.9 Å². The fraction of sp³-hybridized carbons (Fsp3) is 0.500. The van der Waals surface area contributed by atoms with E-state index in [0.29, 0.717) is 17.6 Å². The van der Waals surface area contributed by atoms with Gasteiger partial charge in [0.2, 0.25) is 11.8 Å². The number of nitrogens with one attached hydrogen (secondary N) is 2. The number of carbonyl (C=O) groups is 2. The lowest BCUT2D eigenvalue weighted by Crippen LogP contribution is -2.39. The molecule has 6 heteroatoms. The molecular formula is C16H20ClN3O2. The summed E-state index contributed by atoms with van der Waals surface area (Å²) in [7, 11) is 0. The Bertz CT molecular complexity index is 591. The van der Waals surface area contributed by atoms with Crippen molar-refractivity contribution in [2.24, 2.45) is 11.7 Å². The Hall–Kier alpha value is -1.59. The van der Waals surface area contributed by atoms with Gasteiger partial charge in [-0.05, 0) is 43.4 Å². The Morgan fingerprint density at radius 1 is 1.27 bits per heavy atom.